The van der Waals surface area contributed by atoms with E-state index in [2.05, 4.69) is 28.5 Å². The molecular weight excluding hydrogens is 240 g/mol. The zero-order valence-corrected chi connectivity index (χ0v) is 11.2. The number of carbonyl (C=O) groups is 1. The van der Waals surface area contributed by atoms with E-state index < -0.39 is 0 Å². The molecule has 1 amide bonds. The highest BCUT2D eigenvalue weighted by molar-refractivity contribution is 5.76. The molecule has 3 N–H and O–H groups in total. The Hall–Kier alpha value is -1.88. The van der Waals surface area contributed by atoms with Gasteiger partial charge in [-0.25, -0.2) is 4.98 Å². The first kappa shape index (κ1) is 13.5. The highest BCUT2D eigenvalue weighted by atomic mass is 16.1. The Morgan fingerprint density at radius 1 is 1.47 bits per heavy atom. The van der Waals surface area contributed by atoms with E-state index in [0.717, 1.165) is 23.9 Å². The number of nitrogens with one attached hydrogen (secondary N) is 1. The van der Waals surface area contributed by atoms with Crippen molar-refractivity contribution in [1.82, 2.24) is 14.9 Å². The number of fused-ring (bicyclic) bond motifs is 1. The summed E-state index contributed by atoms with van der Waals surface area (Å²) in [6.07, 6.45) is 3.88. The van der Waals surface area contributed by atoms with E-state index in [4.69, 9.17) is 5.73 Å². The average Bonchev–Trinajstić information content (AvgIpc) is 2.78. The van der Waals surface area contributed by atoms with Gasteiger partial charge in [0.05, 0.1) is 17.4 Å². The molecule has 0 saturated heterocycles. The number of benzene rings is 1. The van der Waals surface area contributed by atoms with Gasteiger partial charge >= 0.3 is 0 Å². The predicted octanol–water partition coefficient (Wildman–Crippen LogP) is 0.971. The van der Waals surface area contributed by atoms with Gasteiger partial charge in [-0.2, -0.15) is 0 Å². The van der Waals surface area contributed by atoms with Crippen LogP contribution in [0.2, 0.25) is 0 Å². The summed E-state index contributed by atoms with van der Waals surface area (Å²) in [5.41, 5.74) is 8.66. The van der Waals surface area contributed by atoms with Gasteiger partial charge in [-0.15, -0.1) is 0 Å². The van der Waals surface area contributed by atoms with Gasteiger partial charge in [0.1, 0.15) is 0 Å². The van der Waals surface area contributed by atoms with Crippen LogP contribution in [0.1, 0.15) is 18.4 Å². The largest absolute Gasteiger partial charge is 0.356 e. The number of nitrogens with zero attached hydrogens (tertiary/aromatic N) is 2. The van der Waals surface area contributed by atoms with Crippen LogP contribution < -0.4 is 11.1 Å². The molecule has 2 rings (SSSR count). The molecule has 0 atom stereocenters. The number of hydrogen-bond donors (Lipinski definition) is 2. The van der Waals surface area contributed by atoms with Crippen molar-refractivity contribution < 1.29 is 4.79 Å². The second-order valence-corrected chi connectivity index (χ2v) is 4.67. The van der Waals surface area contributed by atoms with Gasteiger partial charge < -0.3 is 15.6 Å². The minimum Gasteiger partial charge on any atom is -0.356 e. The molecule has 102 valence electrons. The van der Waals surface area contributed by atoms with E-state index in [1.54, 1.807) is 0 Å². The molecule has 0 saturated carbocycles. The molecule has 19 heavy (non-hydrogen) atoms. The predicted molar refractivity (Wildman–Crippen MR) is 75.7 cm³/mol. The zero-order valence-electron chi connectivity index (χ0n) is 11.2. The number of rotatable bonds is 6. The van der Waals surface area contributed by atoms with E-state index in [1.165, 1.54) is 5.56 Å². The van der Waals surface area contributed by atoms with Crippen molar-refractivity contribution in [2.24, 2.45) is 12.8 Å². The third kappa shape index (κ3) is 3.54. The number of amides is 1. The van der Waals surface area contributed by atoms with Crippen molar-refractivity contribution in [3.8, 4) is 0 Å². The lowest BCUT2D eigenvalue weighted by Gasteiger charge is -2.05. The highest BCUT2D eigenvalue weighted by Gasteiger charge is 2.03. The van der Waals surface area contributed by atoms with Gasteiger partial charge in [0, 0.05) is 20.0 Å². The fourth-order valence-corrected chi connectivity index (χ4v) is 2.03. The Morgan fingerprint density at radius 3 is 3.11 bits per heavy atom. The maximum Gasteiger partial charge on any atom is 0.220 e. The molecule has 1 aromatic carbocycles. The summed E-state index contributed by atoms with van der Waals surface area (Å²) in [6, 6.07) is 6.21. The average molecular weight is 260 g/mol. The van der Waals surface area contributed by atoms with Crippen molar-refractivity contribution in [3.63, 3.8) is 0 Å². The number of nitrogens with two attached hydrogens (primary N) is 1. The molecule has 0 aliphatic heterocycles. The SMILES string of the molecule is Cn1cnc2cc(CCNC(=O)CCCN)ccc21. The van der Waals surface area contributed by atoms with E-state index in [0.29, 0.717) is 19.5 Å². The zero-order chi connectivity index (χ0) is 13.7. The van der Waals surface area contributed by atoms with Crippen molar-refractivity contribution in [1.29, 1.82) is 0 Å². The molecule has 5 nitrogen and oxygen atoms in total. The van der Waals surface area contributed by atoms with Gasteiger partial charge in [-0.1, -0.05) is 6.07 Å². The first-order chi connectivity index (χ1) is 9.20. The van der Waals surface area contributed by atoms with Crippen molar-refractivity contribution >= 4 is 16.9 Å². The Morgan fingerprint density at radius 2 is 2.32 bits per heavy atom. The number of aromatic nitrogens is 2. The summed E-state index contributed by atoms with van der Waals surface area (Å²) in [5.74, 6) is 0.0735. The molecule has 2 aromatic rings. The molecule has 0 aliphatic rings. The van der Waals surface area contributed by atoms with Crippen LogP contribution in [0.5, 0.6) is 0 Å². The standard InChI is InChI=1S/C14H20N4O/c1-18-10-17-12-9-11(4-5-13(12)18)6-8-16-14(19)3-2-7-15/h4-5,9-10H,2-3,6-8,15H2,1H3,(H,16,19). The summed E-state index contributed by atoms with van der Waals surface area (Å²) in [7, 11) is 1.98. The van der Waals surface area contributed by atoms with Crippen LogP contribution in [0.4, 0.5) is 0 Å². The summed E-state index contributed by atoms with van der Waals surface area (Å²) in [4.78, 5) is 15.7. The van der Waals surface area contributed by atoms with Crippen LogP contribution in [0.15, 0.2) is 24.5 Å². The molecule has 0 fully saturated rings. The van der Waals surface area contributed by atoms with Crippen molar-refractivity contribution in [3.05, 3.63) is 30.1 Å². The Bertz CT molecular complexity index is 562. The topological polar surface area (TPSA) is 72.9 Å². The minimum absolute atomic E-state index is 0.0735. The summed E-state index contributed by atoms with van der Waals surface area (Å²) >= 11 is 0. The number of carbonyl (C=O) groups excluding carboxylic acids is 1. The van der Waals surface area contributed by atoms with Gasteiger partial charge in [-0.05, 0) is 37.1 Å². The molecular formula is C14H20N4O. The second-order valence-electron chi connectivity index (χ2n) is 4.67. The number of hydrogen-bond acceptors (Lipinski definition) is 3. The fraction of sp³-hybridized carbons (Fsp3) is 0.429. The van der Waals surface area contributed by atoms with Gasteiger partial charge in [-0.3, -0.25) is 4.79 Å². The number of aryl methyl sites for hydroxylation is 1. The Balaban J connectivity index is 1.86. The van der Waals surface area contributed by atoms with Gasteiger partial charge in [0.25, 0.3) is 0 Å². The monoisotopic (exact) mass is 260 g/mol. The summed E-state index contributed by atoms with van der Waals surface area (Å²) < 4.78 is 1.99. The van der Waals surface area contributed by atoms with Crippen LogP contribution in [0, 0.1) is 0 Å². The maximum atomic E-state index is 11.4. The molecule has 0 bridgehead atoms. The third-order valence-electron chi connectivity index (χ3n) is 3.13. The molecule has 1 heterocycles. The number of imidazole rings is 1. The molecule has 0 radical (unpaired) electrons. The summed E-state index contributed by atoms with van der Waals surface area (Å²) in [5, 5.41) is 2.90. The first-order valence-electron chi connectivity index (χ1n) is 6.57. The lowest BCUT2D eigenvalue weighted by atomic mass is 10.1. The van der Waals surface area contributed by atoms with Crippen LogP contribution in [0.3, 0.4) is 0 Å². The fourth-order valence-electron chi connectivity index (χ4n) is 2.03. The Labute approximate surface area is 112 Å². The maximum absolute atomic E-state index is 11.4. The first-order valence-corrected chi connectivity index (χ1v) is 6.57. The lowest BCUT2D eigenvalue weighted by Crippen LogP contribution is -2.25. The molecule has 0 aliphatic carbocycles. The third-order valence-corrected chi connectivity index (χ3v) is 3.13. The van der Waals surface area contributed by atoms with Gasteiger partial charge in [0.2, 0.25) is 5.91 Å². The van der Waals surface area contributed by atoms with Gasteiger partial charge in [0.15, 0.2) is 0 Å². The molecule has 5 heteroatoms. The molecule has 0 spiro atoms. The van der Waals surface area contributed by atoms with Crippen molar-refractivity contribution in [2.75, 3.05) is 13.1 Å². The van der Waals surface area contributed by atoms with E-state index in [-0.39, 0.29) is 5.91 Å². The van der Waals surface area contributed by atoms with Crippen LogP contribution >= 0.6 is 0 Å². The van der Waals surface area contributed by atoms with E-state index >= 15 is 0 Å². The minimum atomic E-state index is 0.0735. The van der Waals surface area contributed by atoms with Crippen LogP contribution in [-0.4, -0.2) is 28.5 Å². The highest BCUT2D eigenvalue weighted by Crippen LogP contribution is 2.13. The van der Waals surface area contributed by atoms with E-state index in [1.807, 2.05) is 17.9 Å². The Kier molecular flexibility index (Phi) is 4.52. The smallest absolute Gasteiger partial charge is 0.220 e. The van der Waals surface area contributed by atoms with E-state index in [9.17, 15) is 4.79 Å². The summed E-state index contributed by atoms with van der Waals surface area (Å²) in [6.45, 7) is 1.21. The van der Waals surface area contributed by atoms with Crippen LogP contribution in [0.25, 0.3) is 11.0 Å². The molecule has 0 unspecified atom stereocenters. The van der Waals surface area contributed by atoms with Crippen LogP contribution in [-0.2, 0) is 18.3 Å². The molecule has 1 aromatic heterocycles. The second kappa shape index (κ2) is 6.33. The lowest BCUT2D eigenvalue weighted by molar-refractivity contribution is -0.121. The normalized spacial score (nSPS) is 10.8. The quantitative estimate of drug-likeness (QED) is 0.813. The van der Waals surface area contributed by atoms with Crippen molar-refractivity contribution in [2.45, 2.75) is 19.3 Å².